The summed E-state index contributed by atoms with van der Waals surface area (Å²) >= 11 is 0. The number of H-pyrrole nitrogens is 1. The van der Waals surface area contributed by atoms with Gasteiger partial charge in [0.15, 0.2) is 5.60 Å². The van der Waals surface area contributed by atoms with Gasteiger partial charge in [0.25, 0.3) is 11.5 Å². The summed E-state index contributed by atoms with van der Waals surface area (Å²) in [6.45, 7) is 5.78. The lowest BCUT2D eigenvalue weighted by molar-refractivity contribution is -0.152. The molecule has 1 amide bonds. The van der Waals surface area contributed by atoms with Crippen LogP contribution < -0.4 is 5.56 Å². The number of carbonyl (C=O) groups is 1. The zero-order chi connectivity index (χ0) is 24.2. The first kappa shape index (κ1) is 24.6. The van der Waals surface area contributed by atoms with Crippen LogP contribution in [-0.4, -0.2) is 51.2 Å². The third-order valence-electron chi connectivity index (χ3n) is 6.01. The standard InChI is InChI=1S/C25H31N3O5/c1-5-25(32,24(31)28(6-2)7-3)19-13-21(27-23(30)18(19)14-29)22-17(15-33-4)12-16-10-8-9-11-20(16)26-22/h8-13,29,32H,5-7,14-15H2,1-4H3,(H,27,30). The summed E-state index contributed by atoms with van der Waals surface area (Å²) in [5.74, 6) is -0.509. The first-order chi connectivity index (χ1) is 15.8. The van der Waals surface area contributed by atoms with Crippen molar-refractivity contribution in [3.8, 4) is 11.4 Å². The van der Waals surface area contributed by atoms with Crippen LogP contribution in [0.3, 0.4) is 0 Å². The molecule has 0 aliphatic rings. The van der Waals surface area contributed by atoms with E-state index < -0.39 is 23.7 Å². The van der Waals surface area contributed by atoms with E-state index >= 15 is 0 Å². The van der Waals surface area contributed by atoms with Crippen molar-refractivity contribution in [1.29, 1.82) is 0 Å². The first-order valence-electron chi connectivity index (χ1n) is 11.1. The molecule has 0 bridgehead atoms. The molecule has 2 heterocycles. The molecule has 0 aliphatic carbocycles. The Labute approximate surface area is 192 Å². The van der Waals surface area contributed by atoms with Crippen LogP contribution in [0, 0.1) is 0 Å². The fourth-order valence-electron chi connectivity index (χ4n) is 4.13. The summed E-state index contributed by atoms with van der Waals surface area (Å²) in [7, 11) is 1.57. The second kappa shape index (κ2) is 10.2. The van der Waals surface area contributed by atoms with Gasteiger partial charge in [-0.05, 0) is 38.5 Å². The molecule has 0 aliphatic heterocycles. The number of hydrogen-bond donors (Lipinski definition) is 3. The number of benzene rings is 1. The van der Waals surface area contributed by atoms with Crippen LogP contribution in [0.4, 0.5) is 0 Å². The number of likely N-dealkylation sites (N-methyl/N-ethyl adjacent to an activating group) is 1. The lowest BCUT2D eigenvalue weighted by Gasteiger charge is -2.33. The molecule has 1 atom stereocenters. The van der Waals surface area contributed by atoms with E-state index in [2.05, 4.69) is 4.98 Å². The molecule has 176 valence electrons. The molecule has 33 heavy (non-hydrogen) atoms. The molecule has 3 N–H and O–H groups in total. The highest BCUT2D eigenvalue weighted by atomic mass is 16.5. The molecule has 0 radical (unpaired) electrons. The van der Waals surface area contributed by atoms with Gasteiger partial charge < -0.3 is 24.8 Å². The van der Waals surface area contributed by atoms with Crippen LogP contribution in [-0.2, 0) is 28.3 Å². The summed E-state index contributed by atoms with van der Waals surface area (Å²) in [5.41, 5.74) is -0.223. The van der Waals surface area contributed by atoms with Crippen LogP contribution in [0.1, 0.15) is 43.9 Å². The maximum absolute atomic E-state index is 13.3. The Bertz CT molecular complexity index is 1200. The Kier molecular flexibility index (Phi) is 7.63. The molecule has 2 aromatic heterocycles. The molecule has 0 fully saturated rings. The van der Waals surface area contributed by atoms with Crippen molar-refractivity contribution in [3.05, 3.63) is 63.4 Å². The molecule has 8 nitrogen and oxygen atoms in total. The first-order valence-corrected chi connectivity index (χ1v) is 11.1. The van der Waals surface area contributed by atoms with E-state index in [4.69, 9.17) is 9.72 Å². The summed E-state index contributed by atoms with van der Waals surface area (Å²) in [6, 6.07) is 11.1. The third-order valence-corrected chi connectivity index (χ3v) is 6.01. The molecule has 1 unspecified atom stereocenters. The Morgan fingerprint density at radius 2 is 1.88 bits per heavy atom. The van der Waals surface area contributed by atoms with Crippen LogP contribution in [0.5, 0.6) is 0 Å². The second-order valence-corrected chi connectivity index (χ2v) is 7.88. The Morgan fingerprint density at radius 1 is 1.18 bits per heavy atom. The van der Waals surface area contributed by atoms with Gasteiger partial charge in [0.05, 0.1) is 30.1 Å². The Morgan fingerprint density at radius 3 is 2.48 bits per heavy atom. The number of carbonyl (C=O) groups excluding carboxylic acids is 1. The summed E-state index contributed by atoms with van der Waals surface area (Å²) in [4.78, 5) is 35.3. The number of nitrogens with one attached hydrogen (secondary N) is 1. The largest absolute Gasteiger partial charge is 0.391 e. The molecule has 1 aromatic carbocycles. The van der Waals surface area contributed by atoms with Gasteiger partial charge in [0.1, 0.15) is 0 Å². The van der Waals surface area contributed by atoms with Crippen LogP contribution in [0.15, 0.2) is 41.2 Å². The van der Waals surface area contributed by atoms with Crippen LogP contribution in [0.25, 0.3) is 22.3 Å². The van der Waals surface area contributed by atoms with Crippen molar-refractivity contribution < 1.29 is 19.7 Å². The molecule has 0 spiro atoms. The normalized spacial score (nSPS) is 13.2. The molecule has 3 aromatic rings. The molecule has 8 heteroatoms. The number of aromatic nitrogens is 2. The molecule has 0 saturated heterocycles. The highest BCUT2D eigenvalue weighted by Gasteiger charge is 2.41. The zero-order valence-electron chi connectivity index (χ0n) is 19.5. The van der Waals surface area contributed by atoms with E-state index in [-0.39, 0.29) is 24.2 Å². The minimum absolute atomic E-state index is 0.0360. The average Bonchev–Trinajstić information content (AvgIpc) is 2.83. The van der Waals surface area contributed by atoms with E-state index in [1.807, 2.05) is 44.2 Å². The number of para-hydroxylation sites is 1. The van der Waals surface area contributed by atoms with E-state index in [0.29, 0.717) is 24.5 Å². The SMILES string of the molecule is CCN(CC)C(=O)C(O)(CC)c1cc(-c2nc3ccccc3cc2COC)[nH]c(=O)c1CO. The van der Waals surface area contributed by atoms with Gasteiger partial charge in [-0.25, -0.2) is 4.98 Å². The van der Waals surface area contributed by atoms with Crippen LogP contribution >= 0.6 is 0 Å². The smallest absolute Gasteiger partial charge is 0.259 e. The topological polar surface area (TPSA) is 116 Å². The van der Waals surface area contributed by atoms with Gasteiger partial charge in [0, 0.05) is 42.3 Å². The molecule has 3 rings (SSSR count). The number of pyridine rings is 2. The van der Waals surface area contributed by atoms with E-state index in [1.165, 1.54) is 4.90 Å². The monoisotopic (exact) mass is 453 g/mol. The number of aromatic amines is 1. The summed E-state index contributed by atoms with van der Waals surface area (Å²) in [5, 5.41) is 22.4. The van der Waals surface area contributed by atoms with Gasteiger partial charge >= 0.3 is 0 Å². The van der Waals surface area contributed by atoms with Gasteiger partial charge in [-0.2, -0.15) is 0 Å². The van der Waals surface area contributed by atoms with Crippen molar-refractivity contribution in [2.24, 2.45) is 0 Å². The third kappa shape index (κ3) is 4.55. The quantitative estimate of drug-likeness (QED) is 0.459. The minimum Gasteiger partial charge on any atom is -0.391 e. The van der Waals surface area contributed by atoms with Crippen molar-refractivity contribution in [2.45, 2.75) is 46.0 Å². The number of ether oxygens (including phenoxy) is 1. The van der Waals surface area contributed by atoms with Crippen LogP contribution in [0.2, 0.25) is 0 Å². The van der Waals surface area contributed by atoms with E-state index in [0.717, 1.165) is 16.5 Å². The molecular weight excluding hydrogens is 422 g/mol. The van der Waals surface area contributed by atoms with Crippen molar-refractivity contribution in [2.75, 3.05) is 20.2 Å². The summed E-state index contributed by atoms with van der Waals surface area (Å²) in [6.07, 6.45) is 0.0360. The second-order valence-electron chi connectivity index (χ2n) is 7.88. The number of hydrogen-bond acceptors (Lipinski definition) is 6. The zero-order valence-corrected chi connectivity index (χ0v) is 19.5. The number of aliphatic hydroxyl groups excluding tert-OH is 1. The minimum atomic E-state index is -1.97. The predicted molar refractivity (Wildman–Crippen MR) is 127 cm³/mol. The number of amides is 1. The maximum Gasteiger partial charge on any atom is 0.259 e. The summed E-state index contributed by atoms with van der Waals surface area (Å²) < 4.78 is 5.35. The van der Waals surface area contributed by atoms with Gasteiger partial charge in [-0.15, -0.1) is 0 Å². The fourth-order valence-corrected chi connectivity index (χ4v) is 4.13. The number of nitrogens with zero attached hydrogens (tertiary/aromatic N) is 2. The van der Waals surface area contributed by atoms with Crippen molar-refractivity contribution in [3.63, 3.8) is 0 Å². The fraction of sp³-hybridized carbons (Fsp3) is 0.400. The highest BCUT2D eigenvalue weighted by molar-refractivity contribution is 5.87. The van der Waals surface area contributed by atoms with Gasteiger partial charge in [-0.3, -0.25) is 9.59 Å². The number of aliphatic hydroxyl groups is 2. The Hall–Kier alpha value is -3.07. The van der Waals surface area contributed by atoms with Crippen molar-refractivity contribution >= 4 is 16.8 Å². The lowest BCUT2D eigenvalue weighted by Crippen LogP contribution is -2.47. The lowest BCUT2D eigenvalue weighted by atomic mass is 9.86. The average molecular weight is 454 g/mol. The highest BCUT2D eigenvalue weighted by Crippen LogP contribution is 2.33. The van der Waals surface area contributed by atoms with E-state index in [1.54, 1.807) is 20.1 Å². The van der Waals surface area contributed by atoms with Crippen molar-refractivity contribution in [1.82, 2.24) is 14.9 Å². The van der Waals surface area contributed by atoms with Gasteiger partial charge in [0.2, 0.25) is 0 Å². The predicted octanol–water partition coefficient (Wildman–Crippen LogP) is 2.69. The van der Waals surface area contributed by atoms with E-state index in [9.17, 15) is 19.8 Å². The maximum atomic E-state index is 13.3. The Balaban J connectivity index is 2.30. The van der Waals surface area contributed by atoms with Gasteiger partial charge in [-0.1, -0.05) is 25.1 Å². The molecular formula is C25H31N3O5. The molecule has 0 saturated carbocycles. The number of rotatable bonds is 9. The number of methoxy groups -OCH3 is 1. The number of fused-ring (bicyclic) bond motifs is 1.